The fraction of sp³-hybridized carbons (Fsp3) is 0.889. The molecule has 0 amide bonds. The molecule has 3 aliphatic rings. The first kappa shape index (κ1) is 13.7. The molecule has 3 aliphatic carbocycles. The maximum Gasteiger partial charge on any atom is 0.0313 e. The zero-order chi connectivity index (χ0) is 13.9. The fourth-order valence-electron chi connectivity index (χ4n) is 5.85. The lowest BCUT2D eigenvalue weighted by atomic mass is 9.46. The molecule has 0 heterocycles. The summed E-state index contributed by atoms with van der Waals surface area (Å²) in [5.74, 6) is 1.74. The molecule has 1 nitrogen and oxygen atoms in total. The van der Waals surface area contributed by atoms with E-state index in [1.165, 1.54) is 44.9 Å². The van der Waals surface area contributed by atoms with Gasteiger partial charge in [0.05, 0.1) is 0 Å². The number of nitrogens with two attached hydrogens (primary N) is 1. The van der Waals surface area contributed by atoms with Gasteiger partial charge in [0.25, 0.3) is 0 Å². The van der Waals surface area contributed by atoms with Gasteiger partial charge in [-0.2, -0.15) is 0 Å². The highest BCUT2D eigenvalue weighted by atomic mass is 14.7. The van der Waals surface area contributed by atoms with E-state index in [0.717, 1.165) is 11.8 Å². The summed E-state index contributed by atoms with van der Waals surface area (Å²) in [5.41, 5.74) is 9.12. The Hall–Kier alpha value is -0.300. The van der Waals surface area contributed by atoms with Crippen LogP contribution in [0.15, 0.2) is 11.6 Å². The molecule has 0 unspecified atom stereocenters. The number of fused-ring (bicyclic) bond motifs is 3. The molecular weight excluding hydrogens is 230 g/mol. The van der Waals surface area contributed by atoms with Gasteiger partial charge >= 0.3 is 0 Å². The van der Waals surface area contributed by atoms with Crippen molar-refractivity contribution in [1.29, 1.82) is 0 Å². The Kier molecular flexibility index (Phi) is 2.95. The first-order valence-corrected chi connectivity index (χ1v) is 8.25. The van der Waals surface area contributed by atoms with Crippen LogP contribution in [0.5, 0.6) is 0 Å². The monoisotopic (exact) mass is 261 g/mol. The predicted octanol–water partition coefficient (Wildman–Crippen LogP) is 4.67. The summed E-state index contributed by atoms with van der Waals surface area (Å²) in [4.78, 5) is 0. The maximum absolute atomic E-state index is 6.37. The van der Waals surface area contributed by atoms with Crippen molar-refractivity contribution in [2.75, 3.05) is 0 Å². The molecule has 2 N–H and O–H groups in total. The Labute approximate surface area is 119 Å². The van der Waals surface area contributed by atoms with Crippen LogP contribution in [-0.4, -0.2) is 5.54 Å². The molecule has 108 valence electrons. The van der Waals surface area contributed by atoms with Gasteiger partial charge in [0.2, 0.25) is 0 Å². The number of hydrogen-bond acceptors (Lipinski definition) is 1. The number of allylic oxidation sites excluding steroid dienone is 1. The van der Waals surface area contributed by atoms with Crippen molar-refractivity contribution in [3.8, 4) is 0 Å². The van der Waals surface area contributed by atoms with Crippen LogP contribution < -0.4 is 5.73 Å². The molecular formula is C18H31N. The van der Waals surface area contributed by atoms with Crippen molar-refractivity contribution in [3.05, 3.63) is 11.6 Å². The van der Waals surface area contributed by atoms with Crippen LogP contribution in [0.4, 0.5) is 0 Å². The molecule has 3 rings (SSSR count). The van der Waals surface area contributed by atoms with E-state index in [2.05, 4.69) is 33.8 Å². The van der Waals surface area contributed by atoms with Gasteiger partial charge in [0.15, 0.2) is 0 Å². The highest BCUT2D eigenvalue weighted by molar-refractivity contribution is 5.25. The molecule has 1 heteroatoms. The van der Waals surface area contributed by atoms with Crippen LogP contribution in [0.25, 0.3) is 0 Å². The van der Waals surface area contributed by atoms with Crippen LogP contribution >= 0.6 is 0 Å². The quantitative estimate of drug-likeness (QED) is 0.630. The van der Waals surface area contributed by atoms with Crippen LogP contribution in [0, 0.1) is 22.7 Å². The second-order valence-corrected chi connectivity index (χ2v) is 8.76. The van der Waals surface area contributed by atoms with Crippen molar-refractivity contribution < 1.29 is 0 Å². The topological polar surface area (TPSA) is 26.0 Å². The van der Waals surface area contributed by atoms with Crippen molar-refractivity contribution in [2.45, 2.75) is 78.2 Å². The predicted molar refractivity (Wildman–Crippen MR) is 81.9 cm³/mol. The van der Waals surface area contributed by atoms with Crippen molar-refractivity contribution in [1.82, 2.24) is 0 Å². The lowest BCUT2D eigenvalue weighted by molar-refractivity contribution is -0.0579. The third-order valence-corrected chi connectivity index (χ3v) is 6.73. The Morgan fingerprint density at radius 1 is 1.05 bits per heavy atom. The third-order valence-electron chi connectivity index (χ3n) is 6.73. The Morgan fingerprint density at radius 2 is 1.79 bits per heavy atom. The molecule has 0 bridgehead atoms. The minimum Gasteiger partial charge on any atom is -0.322 e. The SMILES string of the molecule is CC1(C)CCC[C@]2(C)[C@H]3CC[C@](C)(N)C=C3CC[C@@H]12. The standard InChI is InChI=1S/C18H31N/c1-16(2)9-5-10-18(4)14-8-11-17(3,19)12-13(14)6-7-15(16)18/h12,14-15H,5-11,19H2,1-4H3/t14-,15-,17-,18+/m0/s1. The Bertz CT molecular complexity index is 404. The van der Waals surface area contributed by atoms with Gasteiger partial charge in [-0.3, -0.25) is 0 Å². The smallest absolute Gasteiger partial charge is 0.0313 e. The third kappa shape index (κ3) is 2.09. The minimum atomic E-state index is -0.0424. The van der Waals surface area contributed by atoms with Crippen LogP contribution in [0.3, 0.4) is 0 Å². The molecule has 0 saturated heterocycles. The van der Waals surface area contributed by atoms with E-state index in [9.17, 15) is 0 Å². The molecule has 4 atom stereocenters. The minimum absolute atomic E-state index is 0.0424. The summed E-state index contributed by atoms with van der Waals surface area (Å²) < 4.78 is 0. The van der Waals surface area contributed by atoms with E-state index in [1.807, 2.05) is 0 Å². The molecule has 0 spiro atoms. The average Bonchev–Trinajstić information content (AvgIpc) is 2.25. The summed E-state index contributed by atoms with van der Waals surface area (Å²) in [6.45, 7) is 9.82. The van der Waals surface area contributed by atoms with E-state index in [4.69, 9.17) is 5.73 Å². The first-order valence-electron chi connectivity index (χ1n) is 8.25. The largest absolute Gasteiger partial charge is 0.322 e. The van der Waals surface area contributed by atoms with Crippen molar-refractivity contribution in [2.24, 2.45) is 28.4 Å². The second-order valence-electron chi connectivity index (χ2n) is 8.76. The van der Waals surface area contributed by atoms with Gasteiger partial charge in [0, 0.05) is 5.54 Å². The summed E-state index contributed by atoms with van der Waals surface area (Å²) in [6.07, 6.45) is 11.9. The highest BCUT2D eigenvalue weighted by Gasteiger charge is 2.53. The summed E-state index contributed by atoms with van der Waals surface area (Å²) in [7, 11) is 0. The summed E-state index contributed by atoms with van der Waals surface area (Å²) >= 11 is 0. The molecule has 0 aromatic heterocycles. The maximum atomic E-state index is 6.37. The van der Waals surface area contributed by atoms with E-state index in [0.29, 0.717) is 10.8 Å². The van der Waals surface area contributed by atoms with Crippen LogP contribution in [0.1, 0.15) is 72.6 Å². The first-order chi connectivity index (χ1) is 8.75. The van der Waals surface area contributed by atoms with Gasteiger partial charge in [-0.25, -0.2) is 0 Å². The lowest BCUT2D eigenvalue weighted by Gasteiger charge is -2.59. The van der Waals surface area contributed by atoms with E-state index in [1.54, 1.807) is 5.57 Å². The second kappa shape index (κ2) is 4.10. The Balaban J connectivity index is 1.97. The zero-order valence-corrected chi connectivity index (χ0v) is 13.3. The molecule has 0 radical (unpaired) electrons. The van der Waals surface area contributed by atoms with Crippen molar-refractivity contribution in [3.63, 3.8) is 0 Å². The normalized spacial score (nSPS) is 49.0. The van der Waals surface area contributed by atoms with Gasteiger partial charge < -0.3 is 5.73 Å². The van der Waals surface area contributed by atoms with Crippen LogP contribution in [-0.2, 0) is 0 Å². The molecule has 2 saturated carbocycles. The van der Waals surface area contributed by atoms with Gasteiger partial charge in [-0.1, -0.05) is 38.8 Å². The number of rotatable bonds is 0. The lowest BCUT2D eigenvalue weighted by Crippen LogP contribution is -2.52. The molecule has 0 aromatic carbocycles. The fourth-order valence-corrected chi connectivity index (χ4v) is 5.85. The number of hydrogen-bond donors (Lipinski definition) is 1. The van der Waals surface area contributed by atoms with E-state index < -0.39 is 0 Å². The summed E-state index contributed by atoms with van der Waals surface area (Å²) in [6, 6.07) is 0. The molecule has 0 aliphatic heterocycles. The summed E-state index contributed by atoms with van der Waals surface area (Å²) in [5, 5.41) is 0. The van der Waals surface area contributed by atoms with E-state index >= 15 is 0 Å². The Morgan fingerprint density at radius 3 is 2.53 bits per heavy atom. The van der Waals surface area contributed by atoms with Gasteiger partial charge in [-0.05, 0) is 68.1 Å². The molecule has 2 fully saturated rings. The zero-order valence-electron chi connectivity index (χ0n) is 13.3. The van der Waals surface area contributed by atoms with Crippen molar-refractivity contribution >= 4 is 0 Å². The highest BCUT2D eigenvalue weighted by Crippen LogP contribution is 2.62. The van der Waals surface area contributed by atoms with Gasteiger partial charge in [-0.15, -0.1) is 0 Å². The molecule has 19 heavy (non-hydrogen) atoms. The molecule has 0 aromatic rings. The average molecular weight is 261 g/mol. The van der Waals surface area contributed by atoms with Crippen LogP contribution in [0.2, 0.25) is 0 Å². The van der Waals surface area contributed by atoms with E-state index in [-0.39, 0.29) is 5.54 Å². The van der Waals surface area contributed by atoms with Gasteiger partial charge in [0.1, 0.15) is 0 Å².